The summed E-state index contributed by atoms with van der Waals surface area (Å²) in [7, 11) is 0. The molecule has 0 heterocycles. The molecule has 0 atom stereocenters. The highest BCUT2D eigenvalue weighted by atomic mass is 16.7. The van der Waals surface area contributed by atoms with Crippen LogP contribution >= 0.6 is 0 Å². The van der Waals surface area contributed by atoms with E-state index in [4.69, 9.17) is 14.2 Å². The van der Waals surface area contributed by atoms with Crippen molar-refractivity contribution in [2.75, 3.05) is 6.79 Å². The Kier molecular flexibility index (Phi) is 7.88. The fourth-order valence-electron chi connectivity index (χ4n) is 3.62. The van der Waals surface area contributed by atoms with E-state index in [1.54, 1.807) is 0 Å². The van der Waals surface area contributed by atoms with Gasteiger partial charge >= 0.3 is 5.97 Å². The predicted molar refractivity (Wildman–Crippen MR) is 115 cm³/mol. The molecule has 0 amide bonds. The molecule has 0 radical (unpaired) electrons. The van der Waals surface area contributed by atoms with E-state index in [0.29, 0.717) is 0 Å². The summed E-state index contributed by atoms with van der Waals surface area (Å²) in [6, 6.07) is 16.8. The summed E-state index contributed by atoms with van der Waals surface area (Å²) in [5, 5.41) is 0. The Morgan fingerprint density at radius 1 is 0.966 bits per heavy atom. The number of hydrogen-bond donors (Lipinski definition) is 0. The molecule has 0 aliphatic heterocycles. The Hall–Kier alpha value is -2.59. The van der Waals surface area contributed by atoms with Crippen molar-refractivity contribution in [3.63, 3.8) is 0 Å². The number of esters is 1. The lowest BCUT2D eigenvalue weighted by molar-refractivity contribution is -0.146. The van der Waals surface area contributed by atoms with E-state index >= 15 is 0 Å². The number of aryl methyl sites for hydroxylation is 1. The highest BCUT2D eigenvalue weighted by molar-refractivity contribution is 5.81. The van der Waals surface area contributed by atoms with Gasteiger partial charge in [0, 0.05) is 6.08 Å². The third-order valence-electron chi connectivity index (χ3n) is 5.28. The summed E-state index contributed by atoms with van der Waals surface area (Å²) >= 11 is 0. The fourth-order valence-corrected chi connectivity index (χ4v) is 3.62. The number of carbonyl (C=O) groups excluding carboxylic acids is 1. The van der Waals surface area contributed by atoms with Crippen molar-refractivity contribution in [3.05, 3.63) is 66.7 Å². The highest BCUT2D eigenvalue weighted by Gasteiger charge is 2.23. The molecular formula is C25H30O4. The van der Waals surface area contributed by atoms with Gasteiger partial charge in [0.05, 0.1) is 6.10 Å². The second-order valence-electron chi connectivity index (χ2n) is 7.44. The second kappa shape index (κ2) is 10.8. The largest absolute Gasteiger partial charge is 0.468 e. The van der Waals surface area contributed by atoms with E-state index in [1.807, 2.05) is 12.1 Å². The molecule has 2 aromatic rings. The maximum atomic E-state index is 11.3. The maximum absolute atomic E-state index is 11.3. The highest BCUT2D eigenvalue weighted by Crippen LogP contribution is 2.25. The van der Waals surface area contributed by atoms with Crippen LogP contribution in [0, 0.1) is 0 Å². The molecule has 0 unspecified atom stereocenters. The minimum Gasteiger partial charge on any atom is -0.468 e. The lowest BCUT2D eigenvalue weighted by Gasteiger charge is -2.27. The number of carbonyl (C=O) groups is 1. The molecule has 0 aromatic heterocycles. The van der Waals surface area contributed by atoms with E-state index in [-0.39, 0.29) is 25.0 Å². The van der Waals surface area contributed by atoms with Crippen LogP contribution in [0.5, 0.6) is 5.75 Å². The second-order valence-corrected chi connectivity index (χ2v) is 7.44. The van der Waals surface area contributed by atoms with Gasteiger partial charge in [-0.2, -0.15) is 0 Å². The van der Waals surface area contributed by atoms with Crippen molar-refractivity contribution in [2.24, 2.45) is 0 Å². The van der Waals surface area contributed by atoms with Crippen molar-refractivity contribution in [1.82, 2.24) is 0 Å². The molecule has 4 heteroatoms. The van der Waals surface area contributed by atoms with E-state index in [2.05, 4.69) is 49.9 Å². The lowest BCUT2D eigenvalue weighted by Crippen LogP contribution is -2.28. The normalized spacial score (nSPS) is 18.8. The van der Waals surface area contributed by atoms with E-state index in [1.165, 1.54) is 22.8 Å². The van der Waals surface area contributed by atoms with Gasteiger partial charge in [-0.1, -0.05) is 56.3 Å². The molecule has 0 saturated heterocycles. The Bertz CT molecular complexity index is 771. The molecule has 4 nitrogen and oxygen atoms in total. The van der Waals surface area contributed by atoms with Crippen LogP contribution in [-0.2, 0) is 20.7 Å². The fraction of sp³-hybridized carbons (Fsp3) is 0.400. The molecule has 1 aliphatic rings. The molecule has 1 aliphatic carbocycles. The van der Waals surface area contributed by atoms with Crippen LogP contribution in [0.15, 0.2) is 61.2 Å². The van der Waals surface area contributed by atoms with Gasteiger partial charge in [0.1, 0.15) is 11.9 Å². The summed E-state index contributed by atoms with van der Waals surface area (Å²) in [6.07, 6.45) is 6.98. The summed E-state index contributed by atoms with van der Waals surface area (Å²) in [4.78, 5) is 11.3. The zero-order valence-corrected chi connectivity index (χ0v) is 17.1. The Labute approximate surface area is 173 Å². The topological polar surface area (TPSA) is 44.8 Å². The molecular weight excluding hydrogens is 364 g/mol. The van der Waals surface area contributed by atoms with Gasteiger partial charge in [-0.05, 0) is 60.9 Å². The first-order valence-electron chi connectivity index (χ1n) is 10.4. The quantitative estimate of drug-likeness (QED) is 0.311. The average Bonchev–Trinajstić information content (AvgIpc) is 2.76. The van der Waals surface area contributed by atoms with Crippen LogP contribution in [0.3, 0.4) is 0 Å². The van der Waals surface area contributed by atoms with Crippen molar-refractivity contribution in [2.45, 2.75) is 57.7 Å². The van der Waals surface area contributed by atoms with E-state index < -0.39 is 0 Å². The number of benzene rings is 2. The Morgan fingerprint density at radius 3 is 2.14 bits per heavy atom. The Balaban J connectivity index is 1.40. The lowest BCUT2D eigenvalue weighted by atomic mass is 9.95. The van der Waals surface area contributed by atoms with Gasteiger partial charge < -0.3 is 14.2 Å². The standard InChI is InChI=1S/C25H30O4/c1-3-5-19-6-8-20(9-7-19)21-10-12-22(13-11-21)27-18-28-23-14-16-24(17-15-23)29-25(26)4-2/h4,6-13,23-24H,2-3,5,14-18H2,1H3. The minimum absolute atomic E-state index is 0.0233. The number of ether oxygens (including phenoxy) is 3. The predicted octanol–water partition coefficient (Wildman–Crippen LogP) is 5.70. The molecule has 1 fully saturated rings. The van der Waals surface area contributed by atoms with Gasteiger partial charge in [0.2, 0.25) is 0 Å². The van der Waals surface area contributed by atoms with Gasteiger partial charge in [-0.3, -0.25) is 0 Å². The Morgan fingerprint density at radius 2 is 1.55 bits per heavy atom. The summed E-state index contributed by atoms with van der Waals surface area (Å²) < 4.78 is 16.9. The van der Waals surface area contributed by atoms with Crippen molar-refractivity contribution < 1.29 is 19.0 Å². The minimum atomic E-state index is -0.349. The maximum Gasteiger partial charge on any atom is 0.330 e. The summed E-state index contributed by atoms with van der Waals surface area (Å²) in [6.45, 7) is 5.85. The number of hydrogen-bond acceptors (Lipinski definition) is 4. The van der Waals surface area contributed by atoms with Crippen LogP contribution < -0.4 is 4.74 Å². The monoisotopic (exact) mass is 394 g/mol. The van der Waals surface area contributed by atoms with Crippen LogP contribution in [0.25, 0.3) is 11.1 Å². The van der Waals surface area contributed by atoms with Crippen molar-refractivity contribution in [3.8, 4) is 16.9 Å². The zero-order valence-electron chi connectivity index (χ0n) is 17.1. The first kappa shape index (κ1) is 21.1. The van der Waals surface area contributed by atoms with Crippen LogP contribution in [0.4, 0.5) is 0 Å². The van der Waals surface area contributed by atoms with Gasteiger partial charge in [0.25, 0.3) is 0 Å². The SMILES string of the molecule is C=CC(=O)OC1CCC(OCOc2ccc(-c3ccc(CCC)cc3)cc2)CC1. The molecule has 0 bridgehead atoms. The molecule has 0 N–H and O–H groups in total. The molecule has 154 valence electrons. The third kappa shape index (κ3) is 6.47. The van der Waals surface area contributed by atoms with Gasteiger partial charge in [-0.25, -0.2) is 4.79 Å². The molecule has 3 rings (SSSR count). The van der Waals surface area contributed by atoms with Crippen molar-refractivity contribution >= 4 is 5.97 Å². The molecule has 2 aromatic carbocycles. The molecule has 1 saturated carbocycles. The van der Waals surface area contributed by atoms with Crippen molar-refractivity contribution in [1.29, 1.82) is 0 Å². The molecule has 0 spiro atoms. The summed E-state index contributed by atoms with van der Waals surface area (Å²) in [5.74, 6) is 0.447. The third-order valence-corrected chi connectivity index (χ3v) is 5.28. The van der Waals surface area contributed by atoms with Crippen LogP contribution in [-0.4, -0.2) is 25.0 Å². The smallest absolute Gasteiger partial charge is 0.330 e. The average molecular weight is 395 g/mol. The van der Waals surface area contributed by atoms with E-state index in [0.717, 1.165) is 44.3 Å². The van der Waals surface area contributed by atoms with Crippen LogP contribution in [0.2, 0.25) is 0 Å². The zero-order chi connectivity index (χ0) is 20.5. The molecule has 29 heavy (non-hydrogen) atoms. The first-order valence-corrected chi connectivity index (χ1v) is 10.4. The van der Waals surface area contributed by atoms with E-state index in [9.17, 15) is 4.79 Å². The number of rotatable bonds is 9. The first-order chi connectivity index (χ1) is 14.2. The summed E-state index contributed by atoms with van der Waals surface area (Å²) in [5.41, 5.74) is 3.76. The van der Waals surface area contributed by atoms with Gasteiger partial charge in [0.15, 0.2) is 6.79 Å². The van der Waals surface area contributed by atoms with Gasteiger partial charge in [-0.15, -0.1) is 0 Å². The van der Waals surface area contributed by atoms with Crippen LogP contribution in [0.1, 0.15) is 44.6 Å².